The Hall–Kier alpha value is -4.48. The van der Waals surface area contributed by atoms with Gasteiger partial charge in [-0.25, -0.2) is 13.2 Å². The van der Waals surface area contributed by atoms with Gasteiger partial charge >= 0.3 is 12.4 Å². The highest BCUT2D eigenvalue weighted by Gasteiger charge is 2.67. The third-order valence-electron chi connectivity index (χ3n) is 7.26. The molecule has 1 saturated carbocycles. The molecule has 3 N–H and O–H groups in total. The second kappa shape index (κ2) is 13.3. The first kappa shape index (κ1) is 36.8. The van der Waals surface area contributed by atoms with Crippen LogP contribution in [-0.4, -0.2) is 38.0 Å². The largest absolute Gasteiger partial charge is 0.419 e. The van der Waals surface area contributed by atoms with Crippen molar-refractivity contribution in [2.24, 2.45) is 5.92 Å². The van der Waals surface area contributed by atoms with E-state index in [-0.39, 0.29) is 21.8 Å². The summed E-state index contributed by atoms with van der Waals surface area (Å²) < 4.78 is 120. The molecule has 1 unspecified atom stereocenters. The van der Waals surface area contributed by atoms with Crippen molar-refractivity contribution in [3.05, 3.63) is 106 Å². The zero-order valence-electron chi connectivity index (χ0n) is 24.3. The summed E-state index contributed by atoms with van der Waals surface area (Å²) in [6, 6.07) is 7.85. The molecule has 0 aliphatic heterocycles. The zero-order valence-corrected chi connectivity index (χ0v) is 26.6. The lowest BCUT2D eigenvalue weighted by Gasteiger charge is -2.13. The third kappa shape index (κ3) is 7.79. The van der Waals surface area contributed by atoms with Crippen LogP contribution in [0, 0.1) is 23.4 Å². The molecule has 1 heterocycles. The van der Waals surface area contributed by atoms with Gasteiger partial charge in [-0.1, -0.05) is 17.7 Å². The Bertz CT molecular complexity index is 2020. The van der Waals surface area contributed by atoms with Gasteiger partial charge in [-0.3, -0.25) is 19.1 Å². The molecule has 1 fully saturated rings. The van der Waals surface area contributed by atoms with Gasteiger partial charge in [0.05, 0.1) is 27.8 Å². The summed E-state index contributed by atoms with van der Waals surface area (Å²) in [5.41, 5.74) is -4.54. The van der Waals surface area contributed by atoms with Crippen LogP contribution in [0.5, 0.6) is 0 Å². The monoisotopic (exact) mass is 771 g/mol. The van der Waals surface area contributed by atoms with E-state index in [1.165, 1.54) is 6.07 Å². The highest BCUT2D eigenvalue weighted by Crippen LogP contribution is 2.65. The quantitative estimate of drug-likeness (QED) is 0.123. The van der Waals surface area contributed by atoms with E-state index >= 15 is 4.39 Å². The van der Waals surface area contributed by atoms with E-state index < -0.39 is 92.9 Å². The summed E-state index contributed by atoms with van der Waals surface area (Å²) in [7, 11) is 0. The molecule has 50 heavy (non-hydrogen) atoms. The Morgan fingerprint density at radius 1 is 0.840 bits per heavy atom. The Kier molecular flexibility index (Phi) is 9.81. The second-order valence-electron chi connectivity index (χ2n) is 10.8. The first-order valence-electron chi connectivity index (χ1n) is 13.7. The number of hydrogen-bond donors (Lipinski definition) is 3. The fourth-order valence-corrected chi connectivity index (χ4v) is 5.94. The number of halogens is 12. The molecular formula is C30H17Cl3F9N5O3. The highest BCUT2D eigenvalue weighted by atomic mass is 35.5. The molecule has 1 aliphatic carbocycles. The molecular weight excluding hydrogens is 756 g/mol. The molecule has 20 heteroatoms. The average molecular weight is 773 g/mol. The van der Waals surface area contributed by atoms with E-state index in [0.29, 0.717) is 22.9 Å². The summed E-state index contributed by atoms with van der Waals surface area (Å²) in [5, 5.41) is 9.56. The van der Waals surface area contributed by atoms with Gasteiger partial charge < -0.3 is 16.0 Å². The van der Waals surface area contributed by atoms with Gasteiger partial charge in [-0.05, 0) is 54.1 Å². The van der Waals surface area contributed by atoms with E-state index in [1.807, 2.05) is 5.32 Å². The van der Waals surface area contributed by atoms with Crippen LogP contribution in [0.25, 0.3) is 0 Å². The number of benzene rings is 3. The Labute approximate surface area is 289 Å². The molecule has 2 atom stereocenters. The zero-order chi connectivity index (χ0) is 36.9. The number of aromatic nitrogens is 2. The average Bonchev–Trinajstić information content (AvgIpc) is 3.31. The summed E-state index contributed by atoms with van der Waals surface area (Å²) >= 11 is 18.6. The van der Waals surface area contributed by atoms with Crippen LogP contribution in [0.3, 0.4) is 0 Å². The number of carbonyl (C=O) groups is 3. The smallest absolute Gasteiger partial charge is 0.326 e. The number of nitrogens with zero attached hydrogens (tertiary/aromatic N) is 2. The number of amides is 3. The number of carbonyl (C=O) groups excluding carboxylic acids is 3. The number of hydrogen-bond acceptors (Lipinski definition) is 4. The minimum absolute atomic E-state index is 0.0908. The van der Waals surface area contributed by atoms with Gasteiger partial charge in [0, 0.05) is 17.8 Å². The maximum absolute atomic E-state index is 15.3. The molecule has 0 radical (unpaired) electrons. The molecule has 1 aromatic heterocycles. The van der Waals surface area contributed by atoms with E-state index in [1.54, 1.807) is 0 Å². The Balaban J connectivity index is 1.30. The van der Waals surface area contributed by atoms with Gasteiger partial charge in [-0.2, -0.15) is 31.4 Å². The number of rotatable bonds is 8. The molecule has 3 amide bonds. The van der Waals surface area contributed by atoms with Gasteiger partial charge in [0.15, 0.2) is 11.5 Å². The molecule has 1 aliphatic rings. The van der Waals surface area contributed by atoms with Crippen molar-refractivity contribution in [3.63, 3.8) is 0 Å². The normalized spacial score (nSPS) is 16.9. The van der Waals surface area contributed by atoms with Crippen molar-refractivity contribution < 1.29 is 53.9 Å². The topological polar surface area (TPSA) is 105 Å². The fourth-order valence-electron chi connectivity index (χ4n) is 4.90. The predicted molar refractivity (Wildman–Crippen MR) is 163 cm³/mol. The summed E-state index contributed by atoms with van der Waals surface area (Å²) in [4.78, 5) is 38.6. The summed E-state index contributed by atoms with van der Waals surface area (Å²) in [6.07, 6.45) is -8.86. The third-order valence-corrected chi connectivity index (χ3v) is 8.53. The van der Waals surface area contributed by atoms with E-state index in [2.05, 4.69) is 15.7 Å². The lowest BCUT2D eigenvalue weighted by Crippen LogP contribution is -2.20. The van der Waals surface area contributed by atoms with Crippen molar-refractivity contribution in [2.75, 3.05) is 16.0 Å². The van der Waals surface area contributed by atoms with Gasteiger partial charge in [0.2, 0.25) is 5.91 Å². The second-order valence-corrected chi connectivity index (χ2v) is 12.6. The highest BCUT2D eigenvalue weighted by molar-refractivity contribution is 6.53. The van der Waals surface area contributed by atoms with Crippen LogP contribution in [0.2, 0.25) is 5.02 Å². The van der Waals surface area contributed by atoms with E-state index in [9.17, 15) is 49.5 Å². The Morgan fingerprint density at radius 2 is 1.52 bits per heavy atom. The molecule has 264 valence electrons. The summed E-state index contributed by atoms with van der Waals surface area (Å²) in [6.45, 7) is -1.53. The minimum atomic E-state index is -5.03. The molecule has 0 saturated heterocycles. The first-order chi connectivity index (χ1) is 23.2. The van der Waals surface area contributed by atoms with Crippen molar-refractivity contribution in [2.45, 2.75) is 29.1 Å². The van der Waals surface area contributed by atoms with Crippen molar-refractivity contribution in [3.8, 4) is 0 Å². The number of alkyl halides is 8. The van der Waals surface area contributed by atoms with Crippen molar-refractivity contribution in [1.82, 2.24) is 9.78 Å². The van der Waals surface area contributed by atoms with Gasteiger partial charge in [0.25, 0.3) is 11.8 Å². The maximum atomic E-state index is 15.3. The lowest BCUT2D eigenvalue weighted by atomic mass is 10.0. The molecule has 5 rings (SSSR count). The van der Waals surface area contributed by atoms with Gasteiger partial charge in [-0.15, -0.1) is 23.2 Å². The first-order valence-corrected chi connectivity index (χ1v) is 14.9. The van der Waals surface area contributed by atoms with Crippen LogP contribution in [0.4, 0.5) is 56.6 Å². The standard InChI is InChI=1S/C30H17Cl3F9N5O3/c31-16-3-2-13(43-27(50)22-21(29(22,32)33)12-1-4-17(34)15(9-12)30(40,41)42)10-14(16)25(48)44-19-6-5-18(35)24(23(19)36)45-26(49)20-7-8-47(46-20)11-28(37,38)39/h1-10,21-22H,11H2,(H,43,50)(H,44,48)(H,45,49)/t21-,22?/m0/s1. The predicted octanol–water partition coefficient (Wildman–Crippen LogP) is 8.57. The maximum Gasteiger partial charge on any atom is 0.419 e. The lowest BCUT2D eigenvalue weighted by molar-refractivity contribution is -0.142. The van der Waals surface area contributed by atoms with Crippen LogP contribution >= 0.6 is 34.8 Å². The van der Waals surface area contributed by atoms with Crippen molar-refractivity contribution in [1.29, 1.82) is 0 Å². The Morgan fingerprint density at radius 3 is 2.18 bits per heavy atom. The van der Waals surface area contributed by atoms with Crippen LogP contribution in [0.1, 0.15) is 37.9 Å². The van der Waals surface area contributed by atoms with E-state index in [0.717, 1.165) is 36.5 Å². The van der Waals surface area contributed by atoms with Crippen LogP contribution in [0.15, 0.2) is 60.8 Å². The van der Waals surface area contributed by atoms with Crippen molar-refractivity contribution >= 4 is 69.6 Å². The van der Waals surface area contributed by atoms with E-state index in [4.69, 9.17) is 34.8 Å². The molecule has 3 aromatic carbocycles. The minimum Gasteiger partial charge on any atom is -0.326 e. The van der Waals surface area contributed by atoms with Gasteiger partial charge in [0.1, 0.15) is 28.2 Å². The molecule has 4 aromatic rings. The van der Waals surface area contributed by atoms with Crippen LogP contribution in [-0.2, 0) is 17.5 Å². The molecule has 0 bridgehead atoms. The number of anilines is 3. The van der Waals surface area contributed by atoms with Crippen LogP contribution < -0.4 is 16.0 Å². The summed E-state index contributed by atoms with van der Waals surface area (Å²) in [5.74, 6) is -10.1. The SMILES string of the molecule is O=C(Nc1c(F)ccc(NC(=O)c2cc(NC(=O)C3[C@H](c4ccc(F)c(C(F)(F)F)c4)C3(Cl)Cl)ccc2Cl)c1F)c1ccn(CC(F)(F)F)n1. The molecule has 8 nitrogen and oxygen atoms in total. The number of nitrogens with one attached hydrogen (secondary N) is 3. The molecule has 0 spiro atoms. The fraction of sp³-hybridized carbons (Fsp3) is 0.200.